The summed E-state index contributed by atoms with van der Waals surface area (Å²) in [6.45, 7) is 0.196. The van der Waals surface area contributed by atoms with E-state index in [9.17, 15) is 4.39 Å². The first-order valence-electron chi connectivity index (χ1n) is 9.49. The molecule has 2 nitrogen and oxygen atoms in total. The van der Waals surface area contributed by atoms with E-state index in [0.29, 0.717) is 0 Å². The highest BCUT2D eigenvalue weighted by molar-refractivity contribution is 5.99. The second kappa shape index (κ2) is 9.39. The predicted octanol–water partition coefficient (Wildman–Crippen LogP) is 5.25. The molecule has 0 atom stereocenters. The first-order chi connectivity index (χ1) is 13.2. The minimum atomic E-state index is -0.227. The zero-order chi connectivity index (χ0) is 19.1. The van der Waals surface area contributed by atoms with Crippen LogP contribution in [0.25, 0.3) is 11.1 Å². The van der Waals surface area contributed by atoms with Gasteiger partial charge in [-0.2, -0.15) is 0 Å². The number of allylic oxidation sites excluding steroid dienone is 2. The van der Waals surface area contributed by atoms with Crippen molar-refractivity contribution in [3.63, 3.8) is 0 Å². The molecule has 1 aliphatic carbocycles. The van der Waals surface area contributed by atoms with Gasteiger partial charge >= 0.3 is 0 Å². The third kappa shape index (κ3) is 4.78. The van der Waals surface area contributed by atoms with Gasteiger partial charge in [0.1, 0.15) is 11.6 Å². The minimum Gasteiger partial charge on any atom is -0.497 e. The lowest BCUT2D eigenvalue weighted by Crippen LogP contribution is -1.94. The Hall–Kier alpha value is -2.57. The maximum absolute atomic E-state index is 13.8. The van der Waals surface area contributed by atoms with Crippen LogP contribution in [-0.2, 0) is 6.42 Å². The van der Waals surface area contributed by atoms with Crippen LogP contribution in [0.15, 0.2) is 42.5 Å². The standard InChI is InChI=1S/C24H25FO2/c1-27-21-13-14-23-19(17-21)9-7-12-22(18-8-6-10-20(25)16-18)24(23)11-4-2-3-5-15-26/h6,8,10,13-14,16-17,26H,2-3,5,7,9,12,15H2,1H3. The number of fused-ring (bicyclic) bond motifs is 1. The van der Waals surface area contributed by atoms with Crippen molar-refractivity contribution in [2.75, 3.05) is 13.7 Å². The topological polar surface area (TPSA) is 29.5 Å². The molecule has 3 heteroatoms. The number of benzene rings is 2. The highest BCUT2D eigenvalue weighted by Gasteiger charge is 2.18. The summed E-state index contributed by atoms with van der Waals surface area (Å²) in [6, 6.07) is 12.9. The average molecular weight is 364 g/mol. The molecule has 0 saturated heterocycles. The third-order valence-electron chi connectivity index (χ3n) is 4.85. The van der Waals surface area contributed by atoms with Gasteiger partial charge in [-0.05, 0) is 84.7 Å². The number of hydrogen-bond donors (Lipinski definition) is 1. The Morgan fingerprint density at radius 3 is 2.78 bits per heavy atom. The molecule has 0 spiro atoms. The monoisotopic (exact) mass is 364 g/mol. The molecule has 3 rings (SSSR count). The number of aryl methyl sites for hydroxylation is 1. The maximum atomic E-state index is 13.8. The van der Waals surface area contributed by atoms with Crippen molar-refractivity contribution in [3.05, 3.63) is 65.0 Å². The number of rotatable bonds is 5. The number of unbranched alkanes of at least 4 members (excludes halogenated alkanes) is 2. The van der Waals surface area contributed by atoms with E-state index in [0.717, 1.165) is 66.5 Å². The molecule has 0 amide bonds. The fourth-order valence-electron chi connectivity index (χ4n) is 3.47. The summed E-state index contributed by atoms with van der Waals surface area (Å²) in [6.07, 6.45) is 5.18. The van der Waals surface area contributed by atoms with Gasteiger partial charge in [-0.15, -0.1) is 0 Å². The molecule has 1 aliphatic rings. The summed E-state index contributed by atoms with van der Waals surface area (Å²) in [5.74, 6) is 7.24. The Morgan fingerprint density at radius 1 is 1.11 bits per heavy atom. The van der Waals surface area contributed by atoms with Gasteiger partial charge in [-0.1, -0.05) is 24.0 Å². The largest absolute Gasteiger partial charge is 0.497 e. The number of aliphatic hydroxyl groups excluding tert-OH is 1. The van der Waals surface area contributed by atoms with Crippen molar-refractivity contribution in [3.8, 4) is 17.6 Å². The number of methoxy groups -OCH3 is 1. The maximum Gasteiger partial charge on any atom is 0.123 e. The molecule has 140 valence electrons. The minimum absolute atomic E-state index is 0.196. The van der Waals surface area contributed by atoms with Crippen molar-refractivity contribution in [2.45, 2.75) is 38.5 Å². The van der Waals surface area contributed by atoms with Crippen LogP contribution in [0.2, 0.25) is 0 Å². The summed E-state index contributed by atoms with van der Waals surface area (Å²) in [5.41, 5.74) is 5.33. The molecule has 1 N–H and O–H groups in total. The second-order valence-corrected chi connectivity index (χ2v) is 6.72. The van der Waals surface area contributed by atoms with Crippen LogP contribution in [0, 0.1) is 17.7 Å². The molecule has 0 fully saturated rings. The molecule has 2 aromatic rings. The average Bonchev–Trinajstić information content (AvgIpc) is 2.86. The van der Waals surface area contributed by atoms with Crippen LogP contribution in [0.3, 0.4) is 0 Å². The fraction of sp³-hybridized carbons (Fsp3) is 0.333. The highest BCUT2D eigenvalue weighted by atomic mass is 19.1. The molecule has 0 radical (unpaired) electrons. The van der Waals surface area contributed by atoms with Crippen LogP contribution < -0.4 is 4.74 Å². The van der Waals surface area contributed by atoms with Gasteiger partial charge in [-0.25, -0.2) is 4.39 Å². The molecule has 27 heavy (non-hydrogen) atoms. The molecule has 0 heterocycles. The Morgan fingerprint density at radius 2 is 2.00 bits per heavy atom. The van der Waals surface area contributed by atoms with Gasteiger partial charge in [0.2, 0.25) is 0 Å². The SMILES string of the molecule is COc1ccc2c(c1)CCCC(c1cccc(F)c1)=C2C#CCCCCO. The summed E-state index contributed by atoms with van der Waals surface area (Å²) >= 11 is 0. The van der Waals surface area contributed by atoms with E-state index in [-0.39, 0.29) is 12.4 Å². The van der Waals surface area contributed by atoms with Gasteiger partial charge in [0.25, 0.3) is 0 Å². The third-order valence-corrected chi connectivity index (χ3v) is 4.85. The van der Waals surface area contributed by atoms with Gasteiger partial charge in [-0.3, -0.25) is 0 Å². The Labute approximate surface area is 160 Å². The van der Waals surface area contributed by atoms with Gasteiger partial charge in [0, 0.05) is 18.6 Å². The van der Waals surface area contributed by atoms with Crippen LogP contribution >= 0.6 is 0 Å². The smallest absolute Gasteiger partial charge is 0.123 e. The number of aliphatic hydroxyl groups is 1. The van der Waals surface area contributed by atoms with Crippen LogP contribution in [0.4, 0.5) is 4.39 Å². The van der Waals surface area contributed by atoms with E-state index in [1.165, 1.54) is 11.6 Å². The Bertz CT molecular complexity index is 887. The number of ether oxygens (including phenoxy) is 1. The zero-order valence-corrected chi connectivity index (χ0v) is 15.7. The fourth-order valence-corrected chi connectivity index (χ4v) is 3.47. The van der Waals surface area contributed by atoms with Crippen molar-refractivity contribution >= 4 is 11.1 Å². The lowest BCUT2D eigenvalue weighted by molar-refractivity contribution is 0.285. The summed E-state index contributed by atoms with van der Waals surface area (Å²) in [4.78, 5) is 0. The molecule has 2 aromatic carbocycles. The van der Waals surface area contributed by atoms with Crippen molar-refractivity contribution in [1.82, 2.24) is 0 Å². The van der Waals surface area contributed by atoms with Gasteiger partial charge in [0.15, 0.2) is 0 Å². The van der Waals surface area contributed by atoms with Crippen LogP contribution in [0.5, 0.6) is 5.75 Å². The first kappa shape index (κ1) is 19.2. The normalized spacial score (nSPS) is 13.4. The summed E-state index contributed by atoms with van der Waals surface area (Å²) in [7, 11) is 1.67. The van der Waals surface area contributed by atoms with Crippen molar-refractivity contribution in [1.29, 1.82) is 0 Å². The number of halogens is 1. The molecule has 0 aliphatic heterocycles. The van der Waals surface area contributed by atoms with Gasteiger partial charge in [0.05, 0.1) is 7.11 Å². The molecule has 0 saturated carbocycles. The molecule has 0 unspecified atom stereocenters. The van der Waals surface area contributed by atoms with Crippen LogP contribution in [-0.4, -0.2) is 18.8 Å². The zero-order valence-electron chi connectivity index (χ0n) is 15.7. The van der Waals surface area contributed by atoms with E-state index < -0.39 is 0 Å². The number of hydrogen-bond acceptors (Lipinski definition) is 2. The molecule has 0 aromatic heterocycles. The highest BCUT2D eigenvalue weighted by Crippen LogP contribution is 2.37. The lowest BCUT2D eigenvalue weighted by atomic mass is 9.92. The molecular formula is C24H25FO2. The first-order valence-corrected chi connectivity index (χ1v) is 9.49. The molecular weight excluding hydrogens is 339 g/mol. The Balaban J connectivity index is 2.09. The Kier molecular flexibility index (Phi) is 6.68. The lowest BCUT2D eigenvalue weighted by Gasteiger charge is -2.12. The molecule has 0 bridgehead atoms. The predicted molar refractivity (Wildman–Crippen MR) is 108 cm³/mol. The van der Waals surface area contributed by atoms with E-state index in [4.69, 9.17) is 9.84 Å². The van der Waals surface area contributed by atoms with E-state index in [2.05, 4.69) is 24.0 Å². The van der Waals surface area contributed by atoms with Crippen LogP contribution in [0.1, 0.15) is 48.8 Å². The van der Waals surface area contributed by atoms with Gasteiger partial charge < -0.3 is 9.84 Å². The van der Waals surface area contributed by atoms with Crippen molar-refractivity contribution in [2.24, 2.45) is 0 Å². The summed E-state index contributed by atoms with van der Waals surface area (Å²) in [5, 5.41) is 8.94. The van der Waals surface area contributed by atoms with E-state index in [1.807, 2.05) is 12.1 Å². The summed E-state index contributed by atoms with van der Waals surface area (Å²) < 4.78 is 19.2. The van der Waals surface area contributed by atoms with E-state index in [1.54, 1.807) is 19.2 Å². The quantitative estimate of drug-likeness (QED) is 0.580. The van der Waals surface area contributed by atoms with Crippen molar-refractivity contribution < 1.29 is 14.2 Å². The van der Waals surface area contributed by atoms with E-state index >= 15 is 0 Å². The second-order valence-electron chi connectivity index (χ2n) is 6.72.